The molecule has 2 heteroatoms. The molecule has 0 aliphatic rings. The van der Waals surface area contributed by atoms with Gasteiger partial charge in [-0.2, -0.15) is 0 Å². The lowest BCUT2D eigenvalue weighted by atomic mass is 10.1. The molecule has 54 valence electrons. The van der Waals surface area contributed by atoms with Crippen LogP contribution in [0.1, 0.15) is 20.3 Å². The SMILES string of the molecule is C=C(C)CC(O)C(C)O. The van der Waals surface area contributed by atoms with Gasteiger partial charge in [-0.3, -0.25) is 0 Å². The zero-order valence-electron chi connectivity index (χ0n) is 5.96. The van der Waals surface area contributed by atoms with Crippen LogP contribution in [0.15, 0.2) is 12.2 Å². The fourth-order valence-corrected chi connectivity index (χ4v) is 0.528. The summed E-state index contributed by atoms with van der Waals surface area (Å²) in [7, 11) is 0. The third-order valence-corrected chi connectivity index (χ3v) is 1.11. The summed E-state index contributed by atoms with van der Waals surface area (Å²) < 4.78 is 0. The van der Waals surface area contributed by atoms with E-state index in [0.717, 1.165) is 5.57 Å². The first kappa shape index (κ1) is 8.66. The van der Waals surface area contributed by atoms with Crippen molar-refractivity contribution in [2.45, 2.75) is 32.5 Å². The molecule has 0 bridgehead atoms. The topological polar surface area (TPSA) is 40.5 Å². The Labute approximate surface area is 55.8 Å². The molecule has 2 nitrogen and oxygen atoms in total. The Hall–Kier alpha value is -0.340. The van der Waals surface area contributed by atoms with Crippen LogP contribution in [0.3, 0.4) is 0 Å². The van der Waals surface area contributed by atoms with Crippen molar-refractivity contribution in [1.29, 1.82) is 0 Å². The molecule has 0 rings (SSSR count). The normalized spacial score (nSPS) is 16.9. The second-order valence-corrected chi connectivity index (χ2v) is 2.47. The predicted molar refractivity (Wildman–Crippen MR) is 37.1 cm³/mol. The molecule has 0 aromatic carbocycles. The van der Waals surface area contributed by atoms with E-state index < -0.39 is 12.2 Å². The van der Waals surface area contributed by atoms with Gasteiger partial charge in [0.25, 0.3) is 0 Å². The van der Waals surface area contributed by atoms with Crippen molar-refractivity contribution in [2.24, 2.45) is 0 Å². The minimum atomic E-state index is -0.651. The maximum absolute atomic E-state index is 8.99. The summed E-state index contributed by atoms with van der Waals surface area (Å²) in [5.74, 6) is 0. The van der Waals surface area contributed by atoms with Crippen molar-refractivity contribution >= 4 is 0 Å². The van der Waals surface area contributed by atoms with Gasteiger partial charge in [0.05, 0.1) is 12.2 Å². The van der Waals surface area contributed by atoms with E-state index in [-0.39, 0.29) is 0 Å². The summed E-state index contributed by atoms with van der Waals surface area (Å²) in [6.07, 6.45) is -0.818. The Balaban J connectivity index is 3.50. The van der Waals surface area contributed by atoms with Crippen LogP contribution < -0.4 is 0 Å². The first-order valence-corrected chi connectivity index (χ1v) is 3.04. The molecule has 2 atom stereocenters. The number of aliphatic hydroxyl groups is 2. The number of rotatable bonds is 3. The number of aliphatic hydroxyl groups excluding tert-OH is 2. The van der Waals surface area contributed by atoms with Crippen LogP contribution in [0.2, 0.25) is 0 Å². The highest BCUT2D eigenvalue weighted by molar-refractivity contribution is 4.91. The first-order valence-electron chi connectivity index (χ1n) is 3.04. The lowest BCUT2D eigenvalue weighted by molar-refractivity contribution is 0.0320. The van der Waals surface area contributed by atoms with Gasteiger partial charge in [0.2, 0.25) is 0 Å². The third-order valence-electron chi connectivity index (χ3n) is 1.11. The Morgan fingerprint density at radius 2 is 2.00 bits per heavy atom. The highest BCUT2D eigenvalue weighted by Gasteiger charge is 2.09. The molecule has 2 unspecified atom stereocenters. The van der Waals surface area contributed by atoms with Crippen molar-refractivity contribution in [2.75, 3.05) is 0 Å². The highest BCUT2D eigenvalue weighted by atomic mass is 16.3. The van der Waals surface area contributed by atoms with Crippen LogP contribution in [0, 0.1) is 0 Å². The van der Waals surface area contributed by atoms with Crippen molar-refractivity contribution in [1.82, 2.24) is 0 Å². The van der Waals surface area contributed by atoms with E-state index in [0.29, 0.717) is 6.42 Å². The highest BCUT2D eigenvalue weighted by Crippen LogP contribution is 2.04. The smallest absolute Gasteiger partial charge is 0.0833 e. The van der Waals surface area contributed by atoms with Crippen LogP contribution >= 0.6 is 0 Å². The summed E-state index contributed by atoms with van der Waals surface area (Å²) >= 11 is 0. The minimum absolute atomic E-state index is 0.484. The second-order valence-electron chi connectivity index (χ2n) is 2.47. The average molecular weight is 130 g/mol. The van der Waals surface area contributed by atoms with E-state index in [1.165, 1.54) is 0 Å². The molecule has 0 amide bonds. The molecule has 0 fully saturated rings. The van der Waals surface area contributed by atoms with Crippen molar-refractivity contribution in [3.05, 3.63) is 12.2 Å². The zero-order valence-corrected chi connectivity index (χ0v) is 5.96. The largest absolute Gasteiger partial charge is 0.391 e. The van der Waals surface area contributed by atoms with Crippen molar-refractivity contribution in [3.8, 4) is 0 Å². The summed E-state index contributed by atoms with van der Waals surface area (Å²) in [6.45, 7) is 6.99. The van der Waals surface area contributed by atoms with Gasteiger partial charge in [-0.05, 0) is 20.3 Å². The van der Waals surface area contributed by atoms with E-state index in [9.17, 15) is 0 Å². The molecule has 0 aromatic rings. The summed E-state index contributed by atoms with van der Waals surface area (Å²) in [5.41, 5.74) is 0.892. The predicted octanol–water partition coefficient (Wildman–Crippen LogP) is 0.694. The molecule has 0 aliphatic carbocycles. The molecular weight excluding hydrogens is 116 g/mol. The number of hydrogen-bond acceptors (Lipinski definition) is 2. The van der Waals surface area contributed by atoms with Gasteiger partial charge in [0.1, 0.15) is 0 Å². The maximum atomic E-state index is 8.99. The fourth-order valence-electron chi connectivity index (χ4n) is 0.528. The Morgan fingerprint density at radius 3 is 2.11 bits per heavy atom. The van der Waals surface area contributed by atoms with Crippen LogP contribution in [0.25, 0.3) is 0 Å². The molecule has 0 radical (unpaired) electrons. The lowest BCUT2D eigenvalue weighted by Gasteiger charge is -2.12. The molecular formula is C7H14O2. The second kappa shape index (κ2) is 3.64. The van der Waals surface area contributed by atoms with Crippen LogP contribution in [0.4, 0.5) is 0 Å². The molecule has 0 heterocycles. The quantitative estimate of drug-likeness (QED) is 0.552. The molecule has 0 aliphatic heterocycles. The molecule has 0 aromatic heterocycles. The molecule has 0 saturated carbocycles. The van der Waals surface area contributed by atoms with Gasteiger partial charge in [0.15, 0.2) is 0 Å². The molecule has 0 spiro atoms. The summed E-state index contributed by atoms with van der Waals surface area (Å²) in [4.78, 5) is 0. The zero-order chi connectivity index (χ0) is 7.44. The van der Waals surface area contributed by atoms with E-state index in [4.69, 9.17) is 10.2 Å². The van der Waals surface area contributed by atoms with Gasteiger partial charge in [-0.1, -0.05) is 5.57 Å². The van der Waals surface area contributed by atoms with E-state index in [2.05, 4.69) is 6.58 Å². The average Bonchev–Trinajstić information content (AvgIpc) is 1.63. The molecule has 9 heavy (non-hydrogen) atoms. The van der Waals surface area contributed by atoms with Crippen LogP contribution in [-0.2, 0) is 0 Å². The molecule has 0 saturated heterocycles. The van der Waals surface area contributed by atoms with Crippen molar-refractivity contribution in [3.63, 3.8) is 0 Å². The maximum Gasteiger partial charge on any atom is 0.0833 e. The number of hydrogen-bond donors (Lipinski definition) is 2. The van der Waals surface area contributed by atoms with Gasteiger partial charge < -0.3 is 10.2 Å². The molecule has 2 N–H and O–H groups in total. The van der Waals surface area contributed by atoms with Gasteiger partial charge >= 0.3 is 0 Å². The standard InChI is InChI=1S/C7H14O2/c1-5(2)4-7(9)6(3)8/h6-9H,1,4H2,2-3H3. The summed E-state index contributed by atoms with van der Waals surface area (Å²) in [6, 6.07) is 0. The van der Waals surface area contributed by atoms with Gasteiger partial charge in [-0.15, -0.1) is 6.58 Å². The van der Waals surface area contributed by atoms with E-state index >= 15 is 0 Å². The Morgan fingerprint density at radius 1 is 1.56 bits per heavy atom. The lowest BCUT2D eigenvalue weighted by Crippen LogP contribution is -2.22. The van der Waals surface area contributed by atoms with Crippen LogP contribution in [0.5, 0.6) is 0 Å². The monoisotopic (exact) mass is 130 g/mol. The third kappa shape index (κ3) is 4.18. The van der Waals surface area contributed by atoms with Gasteiger partial charge in [0, 0.05) is 0 Å². The van der Waals surface area contributed by atoms with Crippen molar-refractivity contribution < 1.29 is 10.2 Å². The van der Waals surface area contributed by atoms with E-state index in [1.807, 2.05) is 6.92 Å². The Bertz CT molecular complexity index is 97.1. The van der Waals surface area contributed by atoms with Crippen LogP contribution in [-0.4, -0.2) is 22.4 Å². The first-order chi connectivity index (χ1) is 4.04. The fraction of sp³-hybridized carbons (Fsp3) is 0.714. The summed E-state index contributed by atoms with van der Waals surface area (Å²) in [5, 5.41) is 17.8. The van der Waals surface area contributed by atoms with E-state index in [1.54, 1.807) is 6.92 Å². The minimum Gasteiger partial charge on any atom is -0.391 e. The van der Waals surface area contributed by atoms with Gasteiger partial charge in [-0.25, -0.2) is 0 Å². The Kier molecular flexibility index (Phi) is 3.50.